The van der Waals surface area contributed by atoms with Crippen LogP contribution < -0.4 is 4.90 Å². The first kappa shape index (κ1) is 12.1. The van der Waals surface area contributed by atoms with Crippen molar-refractivity contribution < 1.29 is 4.79 Å². The van der Waals surface area contributed by atoms with Crippen LogP contribution in [0.5, 0.6) is 0 Å². The lowest BCUT2D eigenvalue weighted by atomic mass is 10.1. The van der Waals surface area contributed by atoms with Crippen molar-refractivity contribution in [3.8, 4) is 6.07 Å². The van der Waals surface area contributed by atoms with Gasteiger partial charge < -0.3 is 4.90 Å². The summed E-state index contributed by atoms with van der Waals surface area (Å²) < 4.78 is 0. The molecule has 2 aromatic carbocycles. The Balaban J connectivity index is 2.39. The summed E-state index contributed by atoms with van der Waals surface area (Å²) in [5.74, 6) is -0.191. The number of hydrogen-bond donors (Lipinski definition) is 0. The average Bonchev–Trinajstić information content (AvgIpc) is 2.37. The minimum Gasteiger partial charge on any atom is -0.315 e. The maximum Gasteiger partial charge on any atom is 0.240 e. The van der Waals surface area contributed by atoms with Crippen LogP contribution in [0, 0.1) is 18.3 Å². The summed E-state index contributed by atoms with van der Waals surface area (Å²) in [5.41, 5.74) is 2.02. The zero-order valence-electron chi connectivity index (χ0n) is 10.5. The van der Waals surface area contributed by atoms with E-state index in [2.05, 4.69) is 13.0 Å². The fourth-order valence-corrected chi connectivity index (χ4v) is 1.89. The fraction of sp³-hybridized carbons (Fsp3) is 0.200. The maximum atomic E-state index is 11.6. The highest BCUT2D eigenvalue weighted by Gasteiger charge is 2.10. The van der Waals surface area contributed by atoms with E-state index in [-0.39, 0.29) is 12.3 Å². The summed E-state index contributed by atoms with van der Waals surface area (Å²) in [4.78, 5) is 13.2. The van der Waals surface area contributed by atoms with Crippen molar-refractivity contribution in [3.63, 3.8) is 0 Å². The van der Waals surface area contributed by atoms with E-state index in [4.69, 9.17) is 5.26 Å². The lowest BCUT2D eigenvalue weighted by molar-refractivity contribution is -0.117. The van der Waals surface area contributed by atoms with Gasteiger partial charge in [0, 0.05) is 12.7 Å². The van der Waals surface area contributed by atoms with Gasteiger partial charge in [0.2, 0.25) is 5.91 Å². The maximum absolute atomic E-state index is 11.6. The highest BCUT2D eigenvalue weighted by Crippen LogP contribution is 2.22. The van der Waals surface area contributed by atoms with E-state index in [0.29, 0.717) is 0 Å². The Morgan fingerprint density at radius 3 is 2.61 bits per heavy atom. The van der Waals surface area contributed by atoms with Crippen molar-refractivity contribution in [1.29, 1.82) is 5.26 Å². The van der Waals surface area contributed by atoms with Gasteiger partial charge in [0.25, 0.3) is 0 Å². The largest absolute Gasteiger partial charge is 0.315 e. The number of carbonyl (C=O) groups is 1. The van der Waals surface area contributed by atoms with Crippen LogP contribution >= 0.6 is 0 Å². The number of anilines is 1. The highest BCUT2D eigenvalue weighted by atomic mass is 16.2. The quantitative estimate of drug-likeness (QED) is 0.807. The standard InChI is InChI=1S/C15H14N2O/c1-11-3-4-13-10-14(6-5-12(13)9-11)17(2)15(18)7-8-16/h3-6,9-10H,7H2,1-2H3. The minimum atomic E-state index is -0.191. The van der Waals surface area contributed by atoms with Gasteiger partial charge in [0.15, 0.2) is 0 Å². The molecular weight excluding hydrogens is 224 g/mol. The molecule has 2 rings (SSSR count). The van der Waals surface area contributed by atoms with Crippen molar-refractivity contribution >= 4 is 22.4 Å². The molecule has 3 nitrogen and oxygen atoms in total. The molecule has 0 fully saturated rings. The smallest absolute Gasteiger partial charge is 0.240 e. The van der Waals surface area contributed by atoms with Gasteiger partial charge in [-0.1, -0.05) is 29.8 Å². The number of carbonyl (C=O) groups excluding carboxylic acids is 1. The molecule has 18 heavy (non-hydrogen) atoms. The zero-order valence-corrected chi connectivity index (χ0v) is 10.5. The van der Waals surface area contributed by atoms with E-state index in [1.54, 1.807) is 7.05 Å². The van der Waals surface area contributed by atoms with Gasteiger partial charge >= 0.3 is 0 Å². The zero-order chi connectivity index (χ0) is 13.1. The molecule has 0 aliphatic carbocycles. The Hall–Kier alpha value is -2.34. The highest BCUT2D eigenvalue weighted by molar-refractivity contribution is 5.96. The van der Waals surface area contributed by atoms with Crippen LogP contribution in [0.4, 0.5) is 5.69 Å². The number of aryl methyl sites for hydroxylation is 1. The molecule has 0 saturated carbocycles. The van der Waals surface area contributed by atoms with Crippen molar-refractivity contribution in [2.75, 3.05) is 11.9 Å². The Morgan fingerprint density at radius 1 is 1.22 bits per heavy atom. The molecule has 0 N–H and O–H groups in total. The fourth-order valence-electron chi connectivity index (χ4n) is 1.89. The predicted molar refractivity (Wildman–Crippen MR) is 72.3 cm³/mol. The lowest BCUT2D eigenvalue weighted by Gasteiger charge is -2.16. The van der Waals surface area contributed by atoms with Crippen molar-refractivity contribution in [2.45, 2.75) is 13.3 Å². The molecule has 0 unspecified atom stereocenters. The summed E-state index contributed by atoms with van der Waals surface area (Å²) in [6, 6.07) is 13.9. The monoisotopic (exact) mass is 238 g/mol. The van der Waals surface area contributed by atoms with Crippen LogP contribution in [-0.4, -0.2) is 13.0 Å². The summed E-state index contributed by atoms with van der Waals surface area (Å²) >= 11 is 0. The van der Waals surface area contributed by atoms with Crippen LogP contribution in [-0.2, 0) is 4.79 Å². The third kappa shape index (κ3) is 2.33. The molecule has 0 bridgehead atoms. The third-order valence-electron chi connectivity index (χ3n) is 2.97. The second kappa shape index (κ2) is 4.89. The van der Waals surface area contributed by atoms with E-state index in [1.165, 1.54) is 10.5 Å². The Bertz CT molecular complexity index is 640. The predicted octanol–water partition coefficient (Wildman–Crippen LogP) is 3.02. The molecule has 0 atom stereocenters. The third-order valence-corrected chi connectivity index (χ3v) is 2.97. The molecule has 0 spiro atoms. The normalized spacial score (nSPS) is 10.1. The number of benzene rings is 2. The molecule has 3 heteroatoms. The van der Waals surface area contributed by atoms with Gasteiger partial charge in [0.05, 0.1) is 6.07 Å². The van der Waals surface area contributed by atoms with Crippen LogP contribution in [0.15, 0.2) is 36.4 Å². The van der Waals surface area contributed by atoms with Crippen molar-refractivity contribution in [1.82, 2.24) is 0 Å². The molecule has 0 aliphatic rings. The second-order valence-corrected chi connectivity index (χ2v) is 4.32. The number of nitrogens with zero attached hydrogens (tertiary/aromatic N) is 2. The summed E-state index contributed by atoms with van der Waals surface area (Å²) in [7, 11) is 1.69. The number of nitriles is 1. The summed E-state index contributed by atoms with van der Waals surface area (Å²) in [6.45, 7) is 2.05. The minimum absolute atomic E-state index is 0.0948. The summed E-state index contributed by atoms with van der Waals surface area (Å²) in [6.07, 6.45) is -0.0948. The first-order valence-corrected chi connectivity index (χ1v) is 5.76. The topological polar surface area (TPSA) is 44.1 Å². The first-order chi connectivity index (χ1) is 8.61. The van der Waals surface area contributed by atoms with Crippen LogP contribution in [0.3, 0.4) is 0 Å². The molecule has 0 aromatic heterocycles. The van der Waals surface area contributed by atoms with E-state index >= 15 is 0 Å². The van der Waals surface area contributed by atoms with Crippen molar-refractivity contribution in [2.24, 2.45) is 0 Å². The summed E-state index contributed by atoms with van der Waals surface area (Å²) in [5, 5.41) is 10.8. The van der Waals surface area contributed by atoms with E-state index in [1.807, 2.05) is 36.4 Å². The van der Waals surface area contributed by atoms with Gasteiger partial charge in [-0.05, 0) is 29.8 Å². The molecule has 1 amide bonds. The van der Waals surface area contributed by atoms with E-state index < -0.39 is 0 Å². The van der Waals surface area contributed by atoms with Gasteiger partial charge in [-0.3, -0.25) is 4.79 Å². The van der Waals surface area contributed by atoms with Crippen LogP contribution in [0.2, 0.25) is 0 Å². The number of fused-ring (bicyclic) bond motifs is 1. The van der Waals surface area contributed by atoms with E-state index in [9.17, 15) is 4.79 Å². The van der Waals surface area contributed by atoms with Crippen LogP contribution in [0.1, 0.15) is 12.0 Å². The average molecular weight is 238 g/mol. The second-order valence-electron chi connectivity index (χ2n) is 4.32. The SMILES string of the molecule is Cc1ccc2cc(N(C)C(=O)CC#N)ccc2c1. The Morgan fingerprint density at radius 2 is 1.89 bits per heavy atom. The lowest BCUT2D eigenvalue weighted by Crippen LogP contribution is -2.25. The van der Waals surface area contributed by atoms with Crippen molar-refractivity contribution in [3.05, 3.63) is 42.0 Å². The van der Waals surface area contributed by atoms with Crippen LogP contribution in [0.25, 0.3) is 10.8 Å². The molecule has 2 aromatic rings. The molecule has 90 valence electrons. The van der Waals surface area contributed by atoms with Gasteiger partial charge in [0.1, 0.15) is 6.42 Å². The molecule has 0 saturated heterocycles. The molecule has 0 heterocycles. The van der Waals surface area contributed by atoms with Gasteiger partial charge in [-0.25, -0.2) is 0 Å². The number of amides is 1. The molecule has 0 radical (unpaired) electrons. The van der Waals surface area contributed by atoms with Gasteiger partial charge in [-0.2, -0.15) is 5.26 Å². The first-order valence-electron chi connectivity index (χ1n) is 5.76. The van der Waals surface area contributed by atoms with E-state index in [0.717, 1.165) is 16.5 Å². The molecule has 0 aliphatic heterocycles. The Kier molecular flexibility index (Phi) is 3.29. The number of hydrogen-bond acceptors (Lipinski definition) is 2. The van der Waals surface area contributed by atoms with Gasteiger partial charge in [-0.15, -0.1) is 0 Å². The molecular formula is C15H14N2O. The number of rotatable bonds is 2. The Labute approximate surface area is 106 Å².